The molecule has 7 heteroatoms. The highest BCUT2D eigenvalue weighted by atomic mass is 16.5. The van der Waals surface area contributed by atoms with Gasteiger partial charge in [-0.05, 0) is 36.4 Å². The van der Waals surface area contributed by atoms with E-state index in [0.717, 1.165) is 11.3 Å². The van der Waals surface area contributed by atoms with E-state index in [1.807, 2.05) is 30.3 Å². The van der Waals surface area contributed by atoms with Crippen LogP contribution in [0.15, 0.2) is 65.7 Å². The van der Waals surface area contributed by atoms with Crippen LogP contribution in [0.25, 0.3) is 11.4 Å². The van der Waals surface area contributed by atoms with Gasteiger partial charge in [-0.1, -0.05) is 23.4 Å². The van der Waals surface area contributed by atoms with Gasteiger partial charge in [-0.3, -0.25) is 4.79 Å². The monoisotopic (exact) mass is 379 g/mol. The molecule has 0 radical (unpaired) electrons. The highest BCUT2D eigenvalue weighted by molar-refractivity contribution is 5.97. The van der Waals surface area contributed by atoms with Crippen LogP contribution >= 0.6 is 0 Å². The van der Waals surface area contributed by atoms with Crippen LogP contribution in [0.2, 0.25) is 0 Å². The maximum atomic E-state index is 13.0. The maximum Gasteiger partial charge on any atom is 0.258 e. The molecular weight excluding hydrogens is 358 g/mol. The summed E-state index contributed by atoms with van der Waals surface area (Å²) < 4.78 is 15.8. The van der Waals surface area contributed by atoms with Crippen molar-refractivity contribution in [2.24, 2.45) is 0 Å². The Morgan fingerprint density at radius 1 is 1.14 bits per heavy atom. The molecule has 0 atom stereocenters. The SMILES string of the molecule is C=CCN(Cc1nc(-c2ccc(OC)cc2)no1)C(=O)c1ccccc1OC. The normalized spacial score (nSPS) is 10.4. The fourth-order valence-electron chi connectivity index (χ4n) is 2.71. The molecule has 0 fully saturated rings. The van der Waals surface area contributed by atoms with Crippen LogP contribution < -0.4 is 9.47 Å². The third-order valence-corrected chi connectivity index (χ3v) is 4.12. The Hall–Kier alpha value is -3.61. The number of ether oxygens (including phenoxy) is 2. The molecule has 0 saturated carbocycles. The minimum absolute atomic E-state index is 0.159. The van der Waals surface area contributed by atoms with Gasteiger partial charge < -0.3 is 18.9 Å². The number of methoxy groups -OCH3 is 2. The van der Waals surface area contributed by atoms with Gasteiger partial charge in [-0.25, -0.2) is 0 Å². The lowest BCUT2D eigenvalue weighted by Gasteiger charge is -2.20. The Balaban J connectivity index is 1.80. The van der Waals surface area contributed by atoms with Crippen LogP contribution in [0.3, 0.4) is 0 Å². The Kier molecular flexibility index (Phi) is 6.06. The molecule has 7 nitrogen and oxygen atoms in total. The standard InChI is InChI=1S/C21H21N3O4/c1-4-13-24(21(25)17-7-5-6-8-18(17)27-3)14-19-22-20(23-28-19)15-9-11-16(26-2)12-10-15/h4-12H,1,13-14H2,2-3H3. The van der Waals surface area contributed by atoms with Gasteiger partial charge >= 0.3 is 0 Å². The second-order valence-corrected chi connectivity index (χ2v) is 5.91. The zero-order valence-corrected chi connectivity index (χ0v) is 15.8. The highest BCUT2D eigenvalue weighted by Gasteiger charge is 2.21. The average molecular weight is 379 g/mol. The van der Waals surface area contributed by atoms with Gasteiger partial charge in [0.05, 0.1) is 19.8 Å². The molecule has 0 bridgehead atoms. The number of aromatic nitrogens is 2. The van der Waals surface area contributed by atoms with Crippen molar-refractivity contribution >= 4 is 5.91 Å². The molecule has 0 aliphatic rings. The van der Waals surface area contributed by atoms with E-state index < -0.39 is 0 Å². The van der Waals surface area contributed by atoms with E-state index in [4.69, 9.17) is 14.0 Å². The van der Waals surface area contributed by atoms with Crippen molar-refractivity contribution in [1.82, 2.24) is 15.0 Å². The molecule has 28 heavy (non-hydrogen) atoms. The van der Waals surface area contributed by atoms with Crippen LogP contribution in [0.5, 0.6) is 11.5 Å². The van der Waals surface area contributed by atoms with Crippen molar-refractivity contribution in [2.45, 2.75) is 6.54 Å². The van der Waals surface area contributed by atoms with Crippen molar-refractivity contribution in [1.29, 1.82) is 0 Å². The van der Waals surface area contributed by atoms with Crippen LogP contribution in [0.1, 0.15) is 16.2 Å². The molecule has 1 amide bonds. The Labute approximate surface area is 163 Å². The first-order valence-corrected chi connectivity index (χ1v) is 8.66. The lowest BCUT2D eigenvalue weighted by Crippen LogP contribution is -2.31. The topological polar surface area (TPSA) is 77.7 Å². The van der Waals surface area contributed by atoms with Gasteiger partial charge in [0.15, 0.2) is 0 Å². The summed E-state index contributed by atoms with van der Waals surface area (Å²) in [6, 6.07) is 14.4. The molecular formula is C21H21N3O4. The summed E-state index contributed by atoms with van der Waals surface area (Å²) in [6.07, 6.45) is 1.65. The minimum Gasteiger partial charge on any atom is -0.497 e. The molecule has 0 aliphatic heterocycles. The van der Waals surface area contributed by atoms with Gasteiger partial charge in [0.2, 0.25) is 11.7 Å². The summed E-state index contributed by atoms with van der Waals surface area (Å²) in [5, 5.41) is 4.01. The second-order valence-electron chi connectivity index (χ2n) is 5.91. The predicted molar refractivity (Wildman–Crippen MR) is 104 cm³/mol. The average Bonchev–Trinajstić information content (AvgIpc) is 3.21. The van der Waals surface area contributed by atoms with Crippen LogP contribution in [-0.4, -0.2) is 41.7 Å². The third kappa shape index (κ3) is 4.20. The quantitative estimate of drug-likeness (QED) is 0.557. The summed E-state index contributed by atoms with van der Waals surface area (Å²) >= 11 is 0. The predicted octanol–water partition coefficient (Wildman–Crippen LogP) is 3.58. The summed E-state index contributed by atoms with van der Waals surface area (Å²) in [4.78, 5) is 18.9. The van der Waals surface area contributed by atoms with Crippen LogP contribution in [0, 0.1) is 0 Å². The molecule has 3 aromatic rings. The highest BCUT2D eigenvalue weighted by Crippen LogP contribution is 2.22. The van der Waals surface area contributed by atoms with Gasteiger partial charge in [0.1, 0.15) is 18.0 Å². The number of carbonyl (C=O) groups excluding carboxylic acids is 1. The number of benzene rings is 2. The molecule has 0 saturated heterocycles. The number of hydrogen-bond donors (Lipinski definition) is 0. The van der Waals surface area contributed by atoms with E-state index in [-0.39, 0.29) is 12.5 Å². The summed E-state index contributed by atoms with van der Waals surface area (Å²) in [7, 11) is 3.14. The molecule has 2 aromatic carbocycles. The summed E-state index contributed by atoms with van der Waals surface area (Å²) in [5.74, 6) is 1.82. The van der Waals surface area contributed by atoms with E-state index in [1.54, 1.807) is 36.3 Å². The fraction of sp³-hybridized carbons (Fsp3) is 0.190. The first-order chi connectivity index (χ1) is 13.7. The number of rotatable bonds is 8. The molecule has 0 unspecified atom stereocenters. The number of hydrogen-bond acceptors (Lipinski definition) is 6. The molecule has 0 spiro atoms. The minimum atomic E-state index is -0.207. The van der Waals surface area contributed by atoms with Crippen LogP contribution in [-0.2, 0) is 6.54 Å². The van der Waals surface area contributed by atoms with Crippen molar-refractivity contribution in [3.63, 3.8) is 0 Å². The largest absolute Gasteiger partial charge is 0.497 e. The Bertz CT molecular complexity index is 950. The Morgan fingerprint density at radius 2 is 1.89 bits per heavy atom. The van der Waals surface area contributed by atoms with Crippen LogP contribution in [0.4, 0.5) is 0 Å². The number of para-hydroxylation sites is 1. The van der Waals surface area contributed by atoms with Gasteiger partial charge in [0, 0.05) is 12.1 Å². The zero-order chi connectivity index (χ0) is 19.9. The van der Waals surface area contributed by atoms with E-state index in [1.165, 1.54) is 7.11 Å². The van der Waals surface area contributed by atoms with Crippen molar-refractivity contribution in [3.05, 3.63) is 72.6 Å². The molecule has 0 N–H and O–H groups in total. The van der Waals surface area contributed by atoms with Gasteiger partial charge in [-0.15, -0.1) is 6.58 Å². The van der Waals surface area contributed by atoms with E-state index in [2.05, 4.69) is 16.7 Å². The molecule has 144 valence electrons. The van der Waals surface area contributed by atoms with E-state index >= 15 is 0 Å². The first kappa shape index (κ1) is 19.2. The third-order valence-electron chi connectivity index (χ3n) is 4.12. The summed E-state index contributed by atoms with van der Waals surface area (Å²) in [5.41, 5.74) is 1.25. The number of amides is 1. The van der Waals surface area contributed by atoms with Crippen molar-refractivity contribution < 1.29 is 18.8 Å². The first-order valence-electron chi connectivity index (χ1n) is 8.66. The van der Waals surface area contributed by atoms with E-state index in [9.17, 15) is 4.79 Å². The number of nitrogens with zero attached hydrogens (tertiary/aromatic N) is 3. The lowest BCUT2D eigenvalue weighted by atomic mass is 10.1. The second kappa shape index (κ2) is 8.85. The van der Waals surface area contributed by atoms with Gasteiger partial charge in [0.25, 0.3) is 5.91 Å². The lowest BCUT2D eigenvalue weighted by molar-refractivity contribution is 0.0742. The summed E-state index contributed by atoms with van der Waals surface area (Å²) in [6.45, 7) is 4.22. The van der Waals surface area contributed by atoms with Crippen molar-refractivity contribution in [3.8, 4) is 22.9 Å². The molecule has 0 aliphatic carbocycles. The maximum absolute atomic E-state index is 13.0. The van der Waals surface area contributed by atoms with Crippen molar-refractivity contribution in [2.75, 3.05) is 20.8 Å². The molecule has 3 rings (SSSR count). The number of carbonyl (C=O) groups is 1. The van der Waals surface area contributed by atoms with Gasteiger partial charge in [-0.2, -0.15) is 4.98 Å². The molecule has 1 heterocycles. The Morgan fingerprint density at radius 3 is 2.57 bits per heavy atom. The zero-order valence-electron chi connectivity index (χ0n) is 15.8. The van der Waals surface area contributed by atoms with E-state index in [0.29, 0.717) is 29.6 Å². The smallest absolute Gasteiger partial charge is 0.258 e. The fourth-order valence-corrected chi connectivity index (χ4v) is 2.71. The molecule has 1 aromatic heterocycles.